The number of carboxylic acid groups (broad SMARTS) is 1. The van der Waals surface area contributed by atoms with Gasteiger partial charge in [-0.05, 0) is 30.7 Å². The molecule has 0 saturated heterocycles. The second kappa shape index (κ2) is 9.30. The Morgan fingerprint density at radius 1 is 1.09 bits per heavy atom. The van der Waals surface area contributed by atoms with E-state index < -0.39 is 5.97 Å². The summed E-state index contributed by atoms with van der Waals surface area (Å²) in [7, 11) is 0. The molecule has 0 aliphatic heterocycles. The van der Waals surface area contributed by atoms with Gasteiger partial charge in [0.2, 0.25) is 0 Å². The molecule has 6 heteroatoms. The number of aliphatic hydroxyl groups is 1. The molecule has 3 N–H and O–H groups in total. The second-order valence-electron chi connectivity index (χ2n) is 4.27. The van der Waals surface area contributed by atoms with Gasteiger partial charge in [0.15, 0.2) is 0 Å². The number of rotatable bonds is 4. The minimum absolute atomic E-state index is 0.0642. The summed E-state index contributed by atoms with van der Waals surface area (Å²) in [5.74, 6) is -0.889. The van der Waals surface area contributed by atoms with Gasteiger partial charge in [-0.1, -0.05) is 47.5 Å². The maximum absolute atomic E-state index is 10.8. The van der Waals surface area contributed by atoms with Crippen LogP contribution in [0.1, 0.15) is 12.5 Å². The maximum Gasteiger partial charge on any atom is 0.307 e. The summed E-state index contributed by atoms with van der Waals surface area (Å²) in [5.41, 5.74) is 1.93. The molecule has 0 saturated carbocycles. The zero-order valence-corrected chi connectivity index (χ0v) is 13.5. The molecule has 0 heterocycles. The minimum atomic E-state index is -0.889. The number of carboxylic acids is 1. The SMILES string of the molecule is CCO.O=C(O)Cc1ccccc1Nc1c(Cl)cccc1Cl. The van der Waals surface area contributed by atoms with Gasteiger partial charge in [-0.15, -0.1) is 0 Å². The summed E-state index contributed by atoms with van der Waals surface area (Å²) in [5, 5.41) is 20.5. The van der Waals surface area contributed by atoms with E-state index in [4.69, 9.17) is 33.4 Å². The predicted octanol–water partition coefficient (Wildman–Crippen LogP) is 4.36. The van der Waals surface area contributed by atoms with Gasteiger partial charge in [-0.3, -0.25) is 4.79 Å². The fourth-order valence-corrected chi connectivity index (χ4v) is 2.20. The van der Waals surface area contributed by atoms with Crippen LogP contribution in [-0.2, 0) is 11.2 Å². The van der Waals surface area contributed by atoms with Crippen LogP contribution in [0.3, 0.4) is 0 Å². The van der Waals surface area contributed by atoms with Gasteiger partial charge in [0, 0.05) is 12.3 Å². The lowest BCUT2D eigenvalue weighted by molar-refractivity contribution is -0.136. The Labute approximate surface area is 139 Å². The Morgan fingerprint density at radius 2 is 1.64 bits per heavy atom. The zero-order valence-electron chi connectivity index (χ0n) is 12.0. The third-order valence-electron chi connectivity index (χ3n) is 2.58. The molecule has 0 aliphatic carbocycles. The normalized spacial score (nSPS) is 9.64. The van der Waals surface area contributed by atoms with E-state index in [9.17, 15) is 4.79 Å². The van der Waals surface area contributed by atoms with Gasteiger partial charge in [0.1, 0.15) is 0 Å². The van der Waals surface area contributed by atoms with Crippen LogP contribution in [0.25, 0.3) is 0 Å². The van der Waals surface area contributed by atoms with Crippen molar-refractivity contribution in [3.05, 3.63) is 58.1 Å². The first-order valence-corrected chi connectivity index (χ1v) is 7.36. The first-order valence-electron chi connectivity index (χ1n) is 6.61. The lowest BCUT2D eigenvalue weighted by Crippen LogP contribution is -2.04. The Kier molecular flexibility index (Phi) is 7.74. The summed E-state index contributed by atoms with van der Waals surface area (Å²) in [6.45, 7) is 1.93. The molecule has 0 radical (unpaired) electrons. The van der Waals surface area contributed by atoms with E-state index in [0.717, 1.165) is 0 Å². The van der Waals surface area contributed by atoms with Crippen LogP contribution in [0, 0.1) is 0 Å². The standard InChI is InChI=1S/C14H11Cl2NO2.C2H6O/c15-10-5-3-6-11(16)14(10)17-12-7-2-1-4-9(12)8-13(18)19;1-2-3/h1-7,17H,8H2,(H,18,19);3H,2H2,1H3. The molecule has 0 amide bonds. The number of para-hydroxylation sites is 2. The van der Waals surface area contributed by atoms with E-state index in [0.29, 0.717) is 27.0 Å². The molecule has 2 aromatic rings. The molecule has 4 nitrogen and oxygen atoms in total. The van der Waals surface area contributed by atoms with Gasteiger partial charge < -0.3 is 15.5 Å². The number of hydrogen-bond donors (Lipinski definition) is 3. The Balaban J connectivity index is 0.000000745. The van der Waals surface area contributed by atoms with Crippen molar-refractivity contribution in [2.24, 2.45) is 0 Å². The third kappa shape index (κ3) is 5.56. The average molecular weight is 342 g/mol. The lowest BCUT2D eigenvalue weighted by Gasteiger charge is -2.13. The number of benzene rings is 2. The summed E-state index contributed by atoms with van der Waals surface area (Å²) in [4.78, 5) is 10.8. The van der Waals surface area contributed by atoms with E-state index in [-0.39, 0.29) is 13.0 Å². The summed E-state index contributed by atoms with van der Waals surface area (Å²) in [6, 6.07) is 12.3. The van der Waals surface area contributed by atoms with Crippen molar-refractivity contribution in [2.45, 2.75) is 13.3 Å². The quantitative estimate of drug-likeness (QED) is 0.772. The maximum atomic E-state index is 10.8. The summed E-state index contributed by atoms with van der Waals surface area (Å²) >= 11 is 12.1. The topological polar surface area (TPSA) is 69.6 Å². The molecule has 0 aliphatic rings. The highest BCUT2D eigenvalue weighted by molar-refractivity contribution is 6.39. The van der Waals surface area contributed by atoms with Crippen LogP contribution in [0.4, 0.5) is 11.4 Å². The highest BCUT2D eigenvalue weighted by Gasteiger charge is 2.10. The molecule has 2 rings (SSSR count). The molecule has 0 atom stereocenters. The van der Waals surface area contributed by atoms with Crippen LogP contribution < -0.4 is 5.32 Å². The fraction of sp³-hybridized carbons (Fsp3) is 0.188. The zero-order chi connectivity index (χ0) is 16.5. The Hall–Kier alpha value is -1.75. The molecule has 0 bridgehead atoms. The first-order chi connectivity index (χ1) is 10.5. The van der Waals surface area contributed by atoms with E-state index >= 15 is 0 Å². The number of aliphatic carboxylic acids is 1. The largest absolute Gasteiger partial charge is 0.481 e. The Bertz CT molecular complexity index is 612. The van der Waals surface area contributed by atoms with Crippen LogP contribution in [0.15, 0.2) is 42.5 Å². The smallest absolute Gasteiger partial charge is 0.307 e. The number of carbonyl (C=O) groups is 1. The number of nitrogens with one attached hydrogen (secondary N) is 1. The van der Waals surface area contributed by atoms with Crippen molar-refractivity contribution >= 4 is 40.5 Å². The number of anilines is 2. The highest BCUT2D eigenvalue weighted by atomic mass is 35.5. The van der Waals surface area contributed by atoms with Crippen molar-refractivity contribution < 1.29 is 15.0 Å². The van der Waals surface area contributed by atoms with Gasteiger partial charge >= 0.3 is 5.97 Å². The molecular formula is C16H17Cl2NO3. The third-order valence-corrected chi connectivity index (χ3v) is 3.21. The van der Waals surface area contributed by atoms with Crippen molar-refractivity contribution in [2.75, 3.05) is 11.9 Å². The van der Waals surface area contributed by atoms with Crippen molar-refractivity contribution in [1.82, 2.24) is 0 Å². The Morgan fingerprint density at radius 3 is 2.18 bits per heavy atom. The van der Waals surface area contributed by atoms with E-state index in [2.05, 4.69) is 5.32 Å². The summed E-state index contributed by atoms with van der Waals surface area (Å²) < 4.78 is 0. The number of hydrogen-bond acceptors (Lipinski definition) is 3. The fourth-order valence-electron chi connectivity index (χ4n) is 1.71. The van der Waals surface area contributed by atoms with Crippen LogP contribution in [-0.4, -0.2) is 22.8 Å². The van der Waals surface area contributed by atoms with E-state index in [1.807, 2.05) is 6.07 Å². The van der Waals surface area contributed by atoms with Crippen molar-refractivity contribution in [3.63, 3.8) is 0 Å². The summed E-state index contributed by atoms with van der Waals surface area (Å²) in [6.07, 6.45) is -0.0642. The molecule has 0 unspecified atom stereocenters. The molecule has 22 heavy (non-hydrogen) atoms. The number of aliphatic hydroxyl groups excluding tert-OH is 1. The van der Waals surface area contributed by atoms with Gasteiger partial charge in [-0.2, -0.15) is 0 Å². The lowest BCUT2D eigenvalue weighted by atomic mass is 10.1. The predicted molar refractivity (Wildman–Crippen MR) is 90.3 cm³/mol. The van der Waals surface area contributed by atoms with Gasteiger partial charge in [0.05, 0.1) is 22.2 Å². The molecule has 0 fully saturated rings. The highest BCUT2D eigenvalue weighted by Crippen LogP contribution is 2.33. The molecule has 0 spiro atoms. The van der Waals surface area contributed by atoms with Crippen LogP contribution >= 0.6 is 23.2 Å². The molecule has 2 aromatic carbocycles. The van der Waals surface area contributed by atoms with Crippen LogP contribution in [0.5, 0.6) is 0 Å². The van der Waals surface area contributed by atoms with E-state index in [1.165, 1.54) is 0 Å². The van der Waals surface area contributed by atoms with Crippen molar-refractivity contribution in [3.8, 4) is 0 Å². The van der Waals surface area contributed by atoms with Gasteiger partial charge in [0.25, 0.3) is 0 Å². The molecule has 118 valence electrons. The first kappa shape index (κ1) is 18.3. The molecule has 0 aromatic heterocycles. The average Bonchev–Trinajstić information content (AvgIpc) is 2.45. The van der Waals surface area contributed by atoms with Crippen LogP contribution in [0.2, 0.25) is 10.0 Å². The van der Waals surface area contributed by atoms with E-state index in [1.54, 1.807) is 43.3 Å². The molecular weight excluding hydrogens is 325 g/mol. The number of halogens is 2. The van der Waals surface area contributed by atoms with Crippen molar-refractivity contribution in [1.29, 1.82) is 0 Å². The van der Waals surface area contributed by atoms with Gasteiger partial charge in [-0.25, -0.2) is 0 Å². The minimum Gasteiger partial charge on any atom is -0.481 e. The monoisotopic (exact) mass is 341 g/mol. The second-order valence-corrected chi connectivity index (χ2v) is 5.08.